The highest BCUT2D eigenvalue weighted by molar-refractivity contribution is 5.34. The minimum Gasteiger partial charge on any atom is -0.508 e. The van der Waals surface area contributed by atoms with Gasteiger partial charge in [0.2, 0.25) is 0 Å². The molecule has 0 aliphatic carbocycles. The lowest BCUT2D eigenvalue weighted by atomic mass is 9.91. The van der Waals surface area contributed by atoms with Gasteiger partial charge >= 0.3 is 0 Å². The van der Waals surface area contributed by atoms with Crippen molar-refractivity contribution in [3.63, 3.8) is 0 Å². The zero-order valence-electron chi connectivity index (χ0n) is 7.57. The Labute approximate surface area is 78.2 Å². The lowest BCUT2D eigenvalue weighted by molar-refractivity contribution is 0.0848. The minimum absolute atomic E-state index is 0.425. The van der Waals surface area contributed by atoms with Gasteiger partial charge in [0.05, 0.1) is 0 Å². The summed E-state index contributed by atoms with van der Waals surface area (Å²) in [5, 5.41) is 9.62. The van der Waals surface area contributed by atoms with E-state index >= 15 is 0 Å². The fraction of sp³-hybridized carbons (Fsp3) is 0.455. The molecule has 0 aromatic heterocycles. The molecule has 1 saturated heterocycles. The molecule has 0 spiro atoms. The first-order valence-corrected chi connectivity index (χ1v) is 4.73. The third kappa shape index (κ3) is 1.83. The molecule has 0 saturated carbocycles. The fourth-order valence-corrected chi connectivity index (χ4v) is 1.84. The predicted octanol–water partition coefficient (Wildman–Crippen LogP) is 2.29. The van der Waals surface area contributed by atoms with Crippen molar-refractivity contribution in [2.75, 3.05) is 13.2 Å². The second-order valence-electron chi connectivity index (χ2n) is 3.45. The SMILES string of the molecule is Oc1ccccc1C1CCOCC1. The molecule has 0 unspecified atom stereocenters. The van der Waals surface area contributed by atoms with Crippen molar-refractivity contribution in [1.29, 1.82) is 0 Å². The number of hydrogen-bond donors (Lipinski definition) is 1. The molecule has 2 rings (SSSR count). The largest absolute Gasteiger partial charge is 0.508 e. The summed E-state index contributed by atoms with van der Waals surface area (Å²) in [6, 6.07) is 7.60. The van der Waals surface area contributed by atoms with Crippen molar-refractivity contribution in [2.24, 2.45) is 0 Å². The van der Waals surface area contributed by atoms with Crippen LogP contribution in [0.1, 0.15) is 24.3 Å². The monoisotopic (exact) mass is 178 g/mol. The standard InChI is InChI=1S/C11H14O2/c12-11-4-2-1-3-10(11)9-5-7-13-8-6-9/h1-4,9,12H,5-8H2. The van der Waals surface area contributed by atoms with Crippen LogP contribution >= 0.6 is 0 Å². The number of ether oxygens (including phenoxy) is 1. The molecule has 0 bridgehead atoms. The maximum absolute atomic E-state index is 9.62. The number of phenolic OH excluding ortho intramolecular Hbond substituents is 1. The average Bonchev–Trinajstić information content (AvgIpc) is 2.20. The van der Waals surface area contributed by atoms with Gasteiger partial charge in [-0.1, -0.05) is 18.2 Å². The van der Waals surface area contributed by atoms with Crippen molar-refractivity contribution in [3.8, 4) is 5.75 Å². The van der Waals surface area contributed by atoms with E-state index in [4.69, 9.17) is 4.74 Å². The summed E-state index contributed by atoms with van der Waals surface area (Å²) in [5.41, 5.74) is 1.07. The van der Waals surface area contributed by atoms with Gasteiger partial charge in [-0.05, 0) is 30.4 Å². The van der Waals surface area contributed by atoms with E-state index in [1.807, 2.05) is 18.2 Å². The topological polar surface area (TPSA) is 29.5 Å². The summed E-state index contributed by atoms with van der Waals surface area (Å²) < 4.78 is 5.28. The van der Waals surface area contributed by atoms with E-state index in [0.717, 1.165) is 31.6 Å². The van der Waals surface area contributed by atoms with Crippen molar-refractivity contribution in [2.45, 2.75) is 18.8 Å². The van der Waals surface area contributed by atoms with Crippen LogP contribution in [0.25, 0.3) is 0 Å². The summed E-state index contributed by atoms with van der Waals surface area (Å²) in [6.07, 6.45) is 2.05. The van der Waals surface area contributed by atoms with Crippen LogP contribution in [0.5, 0.6) is 5.75 Å². The first kappa shape index (κ1) is 8.57. The quantitative estimate of drug-likeness (QED) is 0.715. The molecule has 13 heavy (non-hydrogen) atoms. The predicted molar refractivity (Wildman–Crippen MR) is 50.9 cm³/mol. The van der Waals surface area contributed by atoms with Crippen LogP contribution in [-0.2, 0) is 4.74 Å². The molecular formula is C11H14O2. The van der Waals surface area contributed by atoms with Gasteiger partial charge in [0, 0.05) is 13.2 Å². The number of para-hydroxylation sites is 1. The molecule has 1 heterocycles. The van der Waals surface area contributed by atoms with Crippen molar-refractivity contribution in [3.05, 3.63) is 29.8 Å². The Morgan fingerprint density at radius 3 is 2.54 bits per heavy atom. The molecule has 1 aromatic carbocycles. The van der Waals surface area contributed by atoms with Crippen LogP contribution in [0.2, 0.25) is 0 Å². The molecule has 70 valence electrons. The highest BCUT2D eigenvalue weighted by Gasteiger charge is 2.17. The van der Waals surface area contributed by atoms with Crippen molar-refractivity contribution in [1.82, 2.24) is 0 Å². The highest BCUT2D eigenvalue weighted by Crippen LogP contribution is 2.32. The smallest absolute Gasteiger partial charge is 0.119 e. The van der Waals surface area contributed by atoms with Gasteiger partial charge in [0.25, 0.3) is 0 Å². The average molecular weight is 178 g/mol. The first-order chi connectivity index (χ1) is 6.38. The van der Waals surface area contributed by atoms with Crippen LogP contribution in [0.4, 0.5) is 0 Å². The Kier molecular flexibility index (Phi) is 2.50. The molecule has 2 nitrogen and oxygen atoms in total. The van der Waals surface area contributed by atoms with Gasteiger partial charge in [-0.2, -0.15) is 0 Å². The number of benzene rings is 1. The van der Waals surface area contributed by atoms with Crippen molar-refractivity contribution >= 4 is 0 Å². The van der Waals surface area contributed by atoms with E-state index in [1.54, 1.807) is 6.07 Å². The lowest BCUT2D eigenvalue weighted by Crippen LogP contribution is -2.14. The highest BCUT2D eigenvalue weighted by atomic mass is 16.5. The zero-order valence-corrected chi connectivity index (χ0v) is 7.57. The molecule has 1 aliphatic heterocycles. The van der Waals surface area contributed by atoms with E-state index in [1.165, 1.54) is 0 Å². The number of aromatic hydroxyl groups is 1. The van der Waals surface area contributed by atoms with Crippen LogP contribution in [-0.4, -0.2) is 18.3 Å². The maximum atomic E-state index is 9.62. The van der Waals surface area contributed by atoms with Gasteiger partial charge in [-0.25, -0.2) is 0 Å². The summed E-state index contributed by atoms with van der Waals surface area (Å²) in [7, 11) is 0. The van der Waals surface area contributed by atoms with E-state index in [2.05, 4.69) is 0 Å². The molecule has 0 atom stereocenters. The summed E-state index contributed by atoms with van der Waals surface area (Å²) in [4.78, 5) is 0. The Balaban J connectivity index is 2.18. The molecule has 0 amide bonds. The second-order valence-corrected chi connectivity index (χ2v) is 3.45. The molecule has 2 heteroatoms. The summed E-state index contributed by atoms with van der Waals surface area (Å²) in [6.45, 7) is 1.64. The van der Waals surface area contributed by atoms with Gasteiger partial charge in [0.1, 0.15) is 5.75 Å². The van der Waals surface area contributed by atoms with Crippen LogP contribution in [0, 0.1) is 0 Å². The van der Waals surface area contributed by atoms with Crippen LogP contribution < -0.4 is 0 Å². The third-order valence-corrected chi connectivity index (χ3v) is 2.60. The summed E-state index contributed by atoms with van der Waals surface area (Å²) in [5.74, 6) is 0.907. The Bertz CT molecular complexity index is 277. The minimum atomic E-state index is 0.425. The fourth-order valence-electron chi connectivity index (χ4n) is 1.84. The van der Waals surface area contributed by atoms with E-state index in [0.29, 0.717) is 11.7 Å². The van der Waals surface area contributed by atoms with Crippen molar-refractivity contribution < 1.29 is 9.84 Å². The van der Waals surface area contributed by atoms with Gasteiger partial charge < -0.3 is 9.84 Å². The molecule has 1 fully saturated rings. The Morgan fingerprint density at radius 1 is 1.15 bits per heavy atom. The molecule has 1 aromatic rings. The normalized spacial score (nSPS) is 18.8. The van der Waals surface area contributed by atoms with E-state index in [-0.39, 0.29) is 0 Å². The third-order valence-electron chi connectivity index (χ3n) is 2.60. The first-order valence-electron chi connectivity index (χ1n) is 4.73. The molecule has 1 aliphatic rings. The Morgan fingerprint density at radius 2 is 1.85 bits per heavy atom. The maximum Gasteiger partial charge on any atom is 0.119 e. The van der Waals surface area contributed by atoms with Crippen LogP contribution in [0.3, 0.4) is 0 Å². The second kappa shape index (κ2) is 3.79. The molecule has 0 radical (unpaired) electrons. The number of phenols is 1. The van der Waals surface area contributed by atoms with Gasteiger partial charge in [-0.15, -0.1) is 0 Å². The number of rotatable bonds is 1. The van der Waals surface area contributed by atoms with Gasteiger partial charge in [-0.3, -0.25) is 0 Å². The van der Waals surface area contributed by atoms with E-state index < -0.39 is 0 Å². The zero-order chi connectivity index (χ0) is 9.10. The Hall–Kier alpha value is -1.02. The summed E-state index contributed by atoms with van der Waals surface area (Å²) >= 11 is 0. The number of hydrogen-bond acceptors (Lipinski definition) is 2. The van der Waals surface area contributed by atoms with E-state index in [9.17, 15) is 5.11 Å². The van der Waals surface area contributed by atoms with Gasteiger partial charge in [0.15, 0.2) is 0 Å². The molecule has 1 N–H and O–H groups in total. The van der Waals surface area contributed by atoms with Crippen LogP contribution in [0.15, 0.2) is 24.3 Å². The lowest BCUT2D eigenvalue weighted by Gasteiger charge is -2.22. The molecular weight excluding hydrogens is 164 g/mol.